The molecule has 0 spiro atoms. The molecule has 19 heavy (non-hydrogen) atoms. The molecule has 0 bridgehead atoms. The van der Waals surface area contributed by atoms with Crippen LogP contribution in [0.5, 0.6) is 0 Å². The number of benzene rings is 2. The molecule has 0 radical (unpaired) electrons. The number of halogens is 1. The largest absolute Gasteiger partial charge is 0.230 e. The van der Waals surface area contributed by atoms with Crippen molar-refractivity contribution in [1.29, 1.82) is 0 Å². The van der Waals surface area contributed by atoms with E-state index in [4.69, 9.17) is 0 Å². The highest BCUT2D eigenvalue weighted by atomic mass is 79.9. The third kappa shape index (κ3) is 4.09. The van der Waals surface area contributed by atoms with Gasteiger partial charge < -0.3 is 0 Å². The molecule has 0 heterocycles. The average Bonchev–Trinajstić information content (AvgIpc) is 2.39. The van der Waals surface area contributed by atoms with Crippen LogP contribution in [0.3, 0.4) is 0 Å². The molecule has 100 valence electrons. The summed E-state index contributed by atoms with van der Waals surface area (Å²) in [5.41, 5.74) is 2.04. The van der Waals surface area contributed by atoms with Gasteiger partial charge in [0.1, 0.15) is 0 Å². The van der Waals surface area contributed by atoms with Gasteiger partial charge in [-0.15, -0.1) is 0 Å². The highest BCUT2D eigenvalue weighted by Crippen LogP contribution is 2.27. The standard InChI is InChI=1S/C14H13BrO2S2/c1-11-2-8-14(9-3-11)19(16,17)18-10-12-4-6-13(15)7-5-12/h2-9H,10H2,1H3. The van der Waals surface area contributed by atoms with E-state index in [0.29, 0.717) is 10.6 Å². The molecule has 0 N–H and O–H groups in total. The summed E-state index contributed by atoms with van der Waals surface area (Å²) in [7, 11) is -2.33. The zero-order valence-electron chi connectivity index (χ0n) is 10.3. The smallest absolute Gasteiger partial charge is 0.212 e. The lowest BCUT2D eigenvalue weighted by molar-refractivity contribution is 0.610. The van der Waals surface area contributed by atoms with Crippen molar-refractivity contribution in [2.24, 2.45) is 0 Å². The normalized spacial score (nSPS) is 11.5. The van der Waals surface area contributed by atoms with Gasteiger partial charge in [-0.2, -0.15) is 0 Å². The second-order valence-electron chi connectivity index (χ2n) is 4.16. The third-order valence-electron chi connectivity index (χ3n) is 2.60. The molecule has 0 aliphatic carbocycles. The van der Waals surface area contributed by atoms with E-state index in [0.717, 1.165) is 26.4 Å². The maximum absolute atomic E-state index is 12.1. The third-order valence-corrected chi connectivity index (χ3v) is 6.61. The molecule has 0 saturated carbocycles. The summed E-state index contributed by atoms with van der Waals surface area (Å²) >= 11 is 3.35. The molecule has 0 saturated heterocycles. The van der Waals surface area contributed by atoms with Gasteiger partial charge >= 0.3 is 0 Å². The Morgan fingerprint density at radius 1 is 1.00 bits per heavy atom. The summed E-state index contributed by atoms with van der Waals surface area (Å²) in [6, 6.07) is 14.6. The van der Waals surface area contributed by atoms with Crippen molar-refractivity contribution in [3.8, 4) is 0 Å². The summed E-state index contributed by atoms with van der Waals surface area (Å²) in [4.78, 5) is 0.361. The maximum atomic E-state index is 12.1. The number of hydrogen-bond acceptors (Lipinski definition) is 3. The first-order chi connectivity index (χ1) is 8.97. The van der Waals surface area contributed by atoms with Crippen molar-refractivity contribution < 1.29 is 8.42 Å². The van der Waals surface area contributed by atoms with Gasteiger partial charge in [-0.05, 0) is 47.5 Å². The molecule has 2 rings (SSSR count). The van der Waals surface area contributed by atoms with Crippen LogP contribution in [-0.4, -0.2) is 8.42 Å². The fourth-order valence-corrected chi connectivity index (χ4v) is 4.47. The average molecular weight is 357 g/mol. The molecule has 0 atom stereocenters. The first kappa shape index (κ1) is 14.6. The van der Waals surface area contributed by atoms with E-state index in [9.17, 15) is 8.42 Å². The van der Waals surface area contributed by atoms with Gasteiger partial charge in [0, 0.05) is 10.2 Å². The quantitative estimate of drug-likeness (QED) is 0.762. The highest BCUT2D eigenvalue weighted by molar-refractivity contribution is 9.10. The molecule has 5 heteroatoms. The van der Waals surface area contributed by atoms with Crippen molar-refractivity contribution in [2.45, 2.75) is 17.6 Å². The van der Waals surface area contributed by atoms with E-state index in [1.165, 1.54) is 0 Å². The molecule has 0 aliphatic rings. The van der Waals surface area contributed by atoms with E-state index in [2.05, 4.69) is 15.9 Å². The van der Waals surface area contributed by atoms with Gasteiger partial charge in [0.15, 0.2) is 0 Å². The van der Waals surface area contributed by atoms with Crippen LogP contribution < -0.4 is 0 Å². The Morgan fingerprint density at radius 2 is 1.58 bits per heavy atom. The Labute approximate surface area is 125 Å². The van der Waals surface area contributed by atoms with Crippen molar-refractivity contribution >= 4 is 35.6 Å². The minimum absolute atomic E-state index is 0.361. The molecule has 2 aromatic carbocycles. The lowest BCUT2D eigenvalue weighted by Crippen LogP contribution is -1.96. The predicted molar refractivity (Wildman–Crippen MR) is 83.8 cm³/mol. The first-order valence-corrected chi connectivity index (χ1v) is 9.46. The summed E-state index contributed by atoms with van der Waals surface area (Å²) in [5.74, 6) is 0.448. The Bertz CT molecular complexity index is 647. The van der Waals surface area contributed by atoms with Gasteiger partial charge in [0.05, 0.1) is 4.90 Å². The zero-order valence-corrected chi connectivity index (χ0v) is 13.6. The number of hydrogen-bond donors (Lipinski definition) is 0. The Hall–Kier alpha value is -0.780. The van der Waals surface area contributed by atoms with Gasteiger partial charge in [-0.3, -0.25) is 0 Å². The fraction of sp³-hybridized carbons (Fsp3) is 0.143. The molecular weight excluding hydrogens is 344 g/mol. The molecular formula is C14H13BrO2S2. The molecule has 0 unspecified atom stereocenters. The van der Waals surface area contributed by atoms with E-state index in [1.807, 2.05) is 43.3 Å². The SMILES string of the molecule is Cc1ccc(S(=O)(=O)SCc2ccc(Br)cc2)cc1. The maximum Gasteiger partial charge on any atom is 0.230 e. The second kappa shape index (κ2) is 6.11. The van der Waals surface area contributed by atoms with Crippen molar-refractivity contribution in [2.75, 3.05) is 0 Å². The van der Waals surface area contributed by atoms with Crippen LogP contribution in [0.4, 0.5) is 0 Å². The highest BCUT2D eigenvalue weighted by Gasteiger charge is 2.14. The van der Waals surface area contributed by atoms with Crippen molar-refractivity contribution in [3.05, 3.63) is 64.1 Å². The van der Waals surface area contributed by atoms with Gasteiger partial charge in [-0.1, -0.05) is 45.8 Å². The molecule has 0 aliphatic heterocycles. The van der Waals surface area contributed by atoms with Crippen LogP contribution in [0.1, 0.15) is 11.1 Å². The Morgan fingerprint density at radius 3 is 2.16 bits per heavy atom. The van der Waals surface area contributed by atoms with E-state index in [-0.39, 0.29) is 0 Å². The minimum atomic E-state index is -3.28. The summed E-state index contributed by atoms with van der Waals surface area (Å²) < 4.78 is 25.3. The number of aryl methyl sites for hydroxylation is 1. The van der Waals surface area contributed by atoms with Crippen LogP contribution in [-0.2, 0) is 14.6 Å². The summed E-state index contributed by atoms with van der Waals surface area (Å²) in [6.07, 6.45) is 0. The van der Waals surface area contributed by atoms with Crippen LogP contribution in [0.15, 0.2) is 57.9 Å². The van der Waals surface area contributed by atoms with Crippen molar-refractivity contribution in [3.63, 3.8) is 0 Å². The lowest BCUT2D eigenvalue weighted by Gasteiger charge is -2.04. The van der Waals surface area contributed by atoms with E-state index in [1.54, 1.807) is 12.1 Å². The van der Waals surface area contributed by atoms with Crippen LogP contribution in [0.25, 0.3) is 0 Å². The molecule has 2 aromatic rings. The first-order valence-electron chi connectivity index (χ1n) is 5.68. The topological polar surface area (TPSA) is 34.1 Å². The molecule has 0 aromatic heterocycles. The fourth-order valence-electron chi connectivity index (χ4n) is 1.50. The van der Waals surface area contributed by atoms with Gasteiger partial charge in [0.25, 0.3) is 0 Å². The van der Waals surface area contributed by atoms with Crippen LogP contribution >= 0.6 is 26.7 Å². The van der Waals surface area contributed by atoms with Gasteiger partial charge in [-0.25, -0.2) is 8.42 Å². The molecule has 0 fully saturated rings. The number of rotatable bonds is 4. The Kier molecular flexibility index (Phi) is 4.71. The van der Waals surface area contributed by atoms with Gasteiger partial charge in [0.2, 0.25) is 8.87 Å². The van der Waals surface area contributed by atoms with Crippen LogP contribution in [0, 0.1) is 6.92 Å². The summed E-state index contributed by atoms with van der Waals surface area (Å²) in [6.45, 7) is 1.94. The zero-order chi connectivity index (χ0) is 13.9. The second-order valence-corrected chi connectivity index (χ2v) is 9.00. The molecule has 2 nitrogen and oxygen atoms in total. The van der Waals surface area contributed by atoms with Crippen molar-refractivity contribution in [1.82, 2.24) is 0 Å². The van der Waals surface area contributed by atoms with E-state index < -0.39 is 8.87 Å². The van der Waals surface area contributed by atoms with E-state index >= 15 is 0 Å². The summed E-state index contributed by atoms with van der Waals surface area (Å²) in [5, 5.41) is 0. The molecule has 0 amide bonds. The lowest BCUT2D eigenvalue weighted by atomic mass is 10.2. The minimum Gasteiger partial charge on any atom is -0.212 e. The predicted octanol–water partition coefficient (Wildman–Crippen LogP) is 4.38. The Balaban J connectivity index is 2.09. The van der Waals surface area contributed by atoms with Crippen LogP contribution in [0.2, 0.25) is 0 Å². The monoisotopic (exact) mass is 356 g/mol.